The van der Waals surface area contributed by atoms with Crippen molar-refractivity contribution in [1.82, 2.24) is 10.9 Å². The highest BCUT2D eigenvalue weighted by molar-refractivity contribution is 7.80. The molecule has 0 bridgehead atoms. The number of carbonyl (C=O) groups excluding carboxylic acids is 1. The lowest BCUT2D eigenvalue weighted by atomic mass is 10.2. The fourth-order valence-corrected chi connectivity index (χ4v) is 2.72. The molecule has 0 saturated carbocycles. The van der Waals surface area contributed by atoms with Gasteiger partial charge in [-0.25, -0.2) is 0 Å². The Hall–Kier alpha value is -2.83. The van der Waals surface area contributed by atoms with E-state index in [9.17, 15) is 4.79 Å². The van der Waals surface area contributed by atoms with Gasteiger partial charge in [-0.1, -0.05) is 35.9 Å². The summed E-state index contributed by atoms with van der Waals surface area (Å²) in [6, 6.07) is 18.2. The van der Waals surface area contributed by atoms with Crippen LogP contribution < -0.4 is 16.2 Å². The second kappa shape index (κ2) is 8.03. The highest BCUT2D eigenvalue weighted by atomic mass is 35.5. The number of furan rings is 1. The van der Waals surface area contributed by atoms with Gasteiger partial charge in [-0.05, 0) is 61.1 Å². The summed E-state index contributed by atoms with van der Waals surface area (Å²) in [6.07, 6.45) is 0. The second-order valence-corrected chi connectivity index (χ2v) is 6.36. The molecule has 0 aliphatic carbocycles. The molecule has 0 unspecified atom stereocenters. The van der Waals surface area contributed by atoms with Gasteiger partial charge < -0.3 is 9.73 Å². The van der Waals surface area contributed by atoms with E-state index >= 15 is 0 Å². The maximum atomic E-state index is 12.2. The van der Waals surface area contributed by atoms with E-state index in [0.717, 1.165) is 16.8 Å². The maximum absolute atomic E-state index is 12.2. The van der Waals surface area contributed by atoms with E-state index < -0.39 is 5.91 Å². The molecule has 0 saturated heterocycles. The number of halogens is 1. The van der Waals surface area contributed by atoms with Gasteiger partial charge >= 0.3 is 5.91 Å². The molecule has 3 rings (SSSR count). The molecule has 26 heavy (non-hydrogen) atoms. The van der Waals surface area contributed by atoms with Gasteiger partial charge in [-0.2, -0.15) is 0 Å². The van der Waals surface area contributed by atoms with Crippen LogP contribution in [0.1, 0.15) is 16.1 Å². The number of aryl methyl sites for hydroxylation is 1. The van der Waals surface area contributed by atoms with Crippen LogP contribution in [-0.2, 0) is 0 Å². The minimum Gasteiger partial charge on any atom is -0.451 e. The number of hydrogen-bond donors (Lipinski definition) is 3. The summed E-state index contributed by atoms with van der Waals surface area (Å²) in [4.78, 5) is 12.2. The molecule has 5 nitrogen and oxygen atoms in total. The Balaban J connectivity index is 1.59. The van der Waals surface area contributed by atoms with Crippen LogP contribution in [0.15, 0.2) is 65.1 Å². The lowest BCUT2D eigenvalue weighted by molar-refractivity contribution is 0.0917. The smallest absolute Gasteiger partial charge is 0.305 e. The summed E-state index contributed by atoms with van der Waals surface area (Å²) < 4.78 is 5.58. The fourth-order valence-electron chi connectivity index (χ4n) is 2.33. The van der Waals surface area contributed by atoms with Crippen molar-refractivity contribution >= 4 is 40.5 Å². The topological polar surface area (TPSA) is 66.3 Å². The SMILES string of the molecule is Cc1cccc(NC(=S)NNC(=O)c2ccc(-c3ccccc3Cl)o2)c1. The van der Waals surface area contributed by atoms with Gasteiger partial charge in [-0.15, -0.1) is 0 Å². The normalized spacial score (nSPS) is 10.2. The number of hydrazine groups is 1. The number of nitrogens with one attached hydrogen (secondary N) is 3. The van der Waals surface area contributed by atoms with E-state index in [2.05, 4.69) is 16.2 Å². The molecule has 0 aliphatic heterocycles. The van der Waals surface area contributed by atoms with Gasteiger partial charge in [0.15, 0.2) is 10.9 Å². The quantitative estimate of drug-likeness (QED) is 0.456. The van der Waals surface area contributed by atoms with E-state index in [0.29, 0.717) is 10.8 Å². The minimum atomic E-state index is -0.448. The van der Waals surface area contributed by atoms with Crippen LogP contribution in [0.25, 0.3) is 11.3 Å². The average Bonchev–Trinajstić information content (AvgIpc) is 3.10. The summed E-state index contributed by atoms with van der Waals surface area (Å²) >= 11 is 11.3. The van der Waals surface area contributed by atoms with Crippen LogP contribution >= 0.6 is 23.8 Å². The number of hydrogen-bond acceptors (Lipinski definition) is 3. The standard InChI is InChI=1S/C19H16ClN3O2S/c1-12-5-4-6-13(11-12)21-19(26)23-22-18(24)17-10-9-16(25-17)14-7-2-3-8-15(14)20/h2-11H,1H3,(H,22,24)(H2,21,23,26). The van der Waals surface area contributed by atoms with E-state index in [1.807, 2.05) is 49.4 Å². The third-order valence-electron chi connectivity index (χ3n) is 3.53. The molecule has 0 spiro atoms. The summed E-state index contributed by atoms with van der Waals surface area (Å²) in [6.45, 7) is 1.98. The van der Waals surface area contributed by atoms with Gasteiger partial charge in [0.25, 0.3) is 0 Å². The third-order valence-corrected chi connectivity index (χ3v) is 4.07. The summed E-state index contributed by atoms with van der Waals surface area (Å²) in [5, 5.41) is 3.80. The molecule has 1 aromatic heterocycles. The van der Waals surface area contributed by atoms with Crippen molar-refractivity contribution in [1.29, 1.82) is 0 Å². The molecular weight excluding hydrogens is 370 g/mol. The third kappa shape index (κ3) is 4.41. The van der Waals surface area contributed by atoms with Crippen molar-refractivity contribution < 1.29 is 9.21 Å². The summed E-state index contributed by atoms with van der Waals surface area (Å²) in [7, 11) is 0. The Morgan fingerprint density at radius 2 is 1.85 bits per heavy atom. The average molecular weight is 386 g/mol. The first kappa shape index (κ1) is 18.0. The molecule has 0 radical (unpaired) electrons. The minimum absolute atomic E-state index is 0.144. The first-order valence-electron chi connectivity index (χ1n) is 7.81. The first-order chi connectivity index (χ1) is 12.5. The lowest BCUT2D eigenvalue weighted by Gasteiger charge is -2.11. The highest BCUT2D eigenvalue weighted by Crippen LogP contribution is 2.28. The number of carbonyl (C=O) groups is 1. The Bertz CT molecular complexity index is 955. The van der Waals surface area contributed by atoms with Crippen LogP contribution in [-0.4, -0.2) is 11.0 Å². The van der Waals surface area contributed by atoms with Crippen molar-refractivity contribution in [2.75, 3.05) is 5.32 Å². The molecule has 7 heteroatoms. The zero-order chi connectivity index (χ0) is 18.5. The Morgan fingerprint density at radius 3 is 2.62 bits per heavy atom. The Kier molecular flexibility index (Phi) is 5.55. The maximum Gasteiger partial charge on any atom is 0.305 e. The predicted molar refractivity (Wildman–Crippen MR) is 107 cm³/mol. The molecule has 1 heterocycles. The van der Waals surface area contributed by atoms with E-state index in [4.69, 9.17) is 28.2 Å². The molecule has 1 amide bonds. The van der Waals surface area contributed by atoms with Crippen LogP contribution in [0, 0.1) is 6.92 Å². The van der Waals surface area contributed by atoms with Crippen molar-refractivity contribution in [3.63, 3.8) is 0 Å². The van der Waals surface area contributed by atoms with Gasteiger partial charge in [-0.3, -0.25) is 15.6 Å². The van der Waals surface area contributed by atoms with Crippen molar-refractivity contribution in [2.24, 2.45) is 0 Å². The number of anilines is 1. The molecule has 3 N–H and O–H groups in total. The Labute approximate surface area is 161 Å². The largest absolute Gasteiger partial charge is 0.451 e. The van der Waals surface area contributed by atoms with E-state index in [1.54, 1.807) is 18.2 Å². The molecule has 132 valence electrons. The van der Waals surface area contributed by atoms with Gasteiger partial charge in [0.2, 0.25) is 0 Å². The number of benzene rings is 2. The van der Waals surface area contributed by atoms with Gasteiger partial charge in [0.1, 0.15) is 5.76 Å². The lowest BCUT2D eigenvalue weighted by Crippen LogP contribution is -2.43. The molecule has 2 aromatic carbocycles. The molecule has 0 atom stereocenters. The molecule has 3 aromatic rings. The van der Waals surface area contributed by atoms with Crippen LogP contribution in [0.2, 0.25) is 5.02 Å². The number of thiocarbonyl (C=S) groups is 1. The van der Waals surface area contributed by atoms with Crippen LogP contribution in [0.3, 0.4) is 0 Å². The monoisotopic (exact) mass is 385 g/mol. The van der Waals surface area contributed by atoms with E-state index in [-0.39, 0.29) is 10.9 Å². The zero-order valence-corrected chi connectivity index (χ0v) is 15.4. The predicted octanol–water partition coefficient (Wildman–Crippen LogP) is 4.54. The van der Waals surface area contributed by atoms with Gasteiger partial charge in [0.05, 0.1) is 5.02 Å². The fraction of sp³-hybridized carbons (Fsp3) is 0.0526. The van der Waals surface area contributed by atoms with Crippen LogP contribution in [0.5, 0.6) is 0 Å². The van der Waals surface area contributed by atoms with E-state index in [1.165, 1.54) is 0 Å². The zero-order valence-electron chi connectivity index (χ0n) is 13.9. The number of rotatable bonds is 3. The second-order valence-electron chi connectivity index (χ2n) is 5.55. The first-order valence-corrected chi connectivity index (χ1v) is 8.60. The number of amides is 1. The van der Waals surface area contributed by atoms with Crippen molar-refractivity contribution in [3.8, 4) is 11.3 Å². The molecule has 0 fully saturated rings. The highest BCUT2D eigenvalue weighted by Gasteiger charge is 2.14. The van der Waals surface area contributed by atoms with Crippen LogP contribution in [0.4, 0.5) is 5.69 Å². The molecular formula is C19H16ClN3O2S. The summed E-state index contributed by atoms with van der Waals surface area (Å²) in [5.74, 6) is 0.212. The summed E-state index contributed by atoms with van der Waals surface area (Å²) in [5.41, 5.74) is 7.79. The van der Waals surface area contributed by atoms with Gasteiger partial charge in [0, 0.05) is 11.3 Å². The Morgan fingerprint density at radius 1 is 1.04 bits per heavy atom. The van der Waals surface area contributed by atoms with Crippen molar-refractivity contribution in [2.45, 2.75) is 6.92 Å². The molecule has 0 aliphatic rings. The van der Waals surface area contributed by atoms with Crippen molar-refractivity contribution in [3.05, 3.63) is 77.0 Å².